The summed E-state index contributed by atoms with van der Waals surface area (Å²) in [5.74, 6) is -0.251. The Morgan fingerprint density at radius 3 is 2.26 bits per heavy atom. The third-order valence-electron chi connectivity index (χ3n) is 3.50. The van der Waals surface area contributed by atoms with Crippen LogP contribution in [-0.2, 0) is 4.79 Å². The smallest absolute Gasteiger partial charge is 0.319 e. The molecular weight excluding hydrogens is 364 g/mol. The number of anilines is 2. The van der Waals surface area contributed by atoms with Gasteiger partial charge in [-0.1, -0.05) is 0 Å². The highest BCUT2D eigenvalue weighted by atomic mass is 32.1. The van der Waals surface area contributed by atoms with Crippen molar-refractivity contribution in [1.82, 2.24) is 10.6 Å². The average molecular weight is 388 g/mol. The van der Waals surface area contributed by atoms with Gasteiger partial charge in [0.05, 0.1) is 0 Å². The Morgan fingerprint density at radius 1 is 1.00 bits per heavy atom. The van der Waals surface area contributed by atoms with Crippen LogP contribution < -0.4 is 21.3 Å². The van der Waals surface area contributed by atoms with Crippen molar-refractivity contribution in [3.05, 3.63) is 46.7 Å². The van der Waals surface area contributed by atoms with Gasteiger partial charge in [0.15, 0.2) is 0 Å². The number of carbonyl (C=O) groups is 3. The second-order valence-electron chi connectivity index (χ2n) is 6.25. The normalized spacial score (nSPS) is 10.3. The molecule has 0 aliphatic carbocycles. The lowest BCUT2D eigenvalue weighted by Crippen LogP contribution is -2.34. The Hall–Kier alpha value is -2.87. The lowest BCUT2D eigenvalue weighted by atomic mass is 10.2. The highest BCUT2D eigenvalue weighted by molar-refractivity contribution is 7.08. The van der Waals surface area contributed by atoms with Gasteiger partial charge in [-0.25, -0.2) is 4.79 Å². The fourth-order valence-electron chi connectivity index (χ4n) is 2.24. The van der Waals surface area contributed by atoms with E-state index < -0.39 is 0 Å². The molecule has 8 heteroatoms. The summed E-state index contributed by atoms with van der Waals surface area (Å²) in [5.41, 5.74) is 1.93. The van der Waals surface area contributed by atoms with E-state index in [0.29, 0.717) is 36.3 Å². The predicted octanol–water partition coefficient (Wildman–Crippen LogP) is 3.43. The number of urea groups is 1. The number of thiophene rings is 1. The minimum atomic E-state index is -0.272. The lowest BCUT2D eigenvalue weighted by Gasteiger charge is -2.11. The van der Waals surface area contributed by atoms with Crippen LogP contribution in [0.5, 0.6) is 0 Å². The van der Waals surface area contributed by atoms with Crippen molar-refractivity contribution in [3.63, 3.8) is 0 Å². The first-order valence-electron chi connectivity index (χ1n) is 8.72. The van der Waals surface area contributed by atoms with Crippen molar-refractivity contribution in [1.29, 1.82) is 0 Å². The third-order valence-corrected chi connectivity index (χ3v) is 4.18. The quantitative estimate of drug-likeness (QED) is 0.521. The first kappa shape index (κ1) is 20.4. The largest absolute Gasteiger partial charge is 0.352 e. The highest BCUT2D eigenvalue weighted by Gasteiger charge is 2.07. The summed E-state index contributed by atoms with van der Waals surface area (Å²) in [7, 11) is 0. The molecule has 1 heterocycles. The van der Waals surface area contributed by atoms with Gasteiger partial charge >= 0.3 is 6.03 Å². The van der Waals surface area contributed by atoms with Crippen LogP contribution in [-0.4, -0.2) is 30.4 Å². The van der Waals surface area contributed by atoms with Crippen molar-refractivity contribution in [3.8, 4) is 0 Å². The van der Waals surface area contributed by atoms with Crippen molar-refractivity contribution in [2.24, 2.45) is 0 Å². The fraction of sp³-hybridized carbons (Fsp3) is 0.316. The Morgan fingerprint density at radius 2 is 1.67 bits per heavy atom. The molecule has 27 heavy (non-hydrogen) atoms. The van der Waals surface area contributed by atoms with E-state index in [2.05, 4.69) is 21.3 Å². The summed E-state index contributed by atoms with van der Waals surface area (Å²) in [6.07, 6.45) is 0.859. The molecule has 0 unspecified atom stereocenters. The molecule has 4 amide bonds. The first-order chi connectivity index (χ1) is 12.9. The molecule has 4 N–H and O–H groups in total. The monoisotopic (exact) mass is 388 g/mol. The number of rotatable bonds is 8. The summed E-state index contributed by atoms with van der Waals surface area (Å²) >= 11 is 1.47. The van der Waals surface area contributed by atoms with E-state index in [0.717, 1.165) is 0 Å². The van der Waals surface area contributed by atoms with Crippen LogP contribution in [0.15, 0.2) is 41.1 Å². The number of nitrogens with one attached hydrogen (secondary N) is 4. The summed E-state index contributed by atoms with van der Waals surface area (Å²) in [6, 6.07) is 8.43. The molecular formula is C19H24N4O3S. The molecule has 0 aliphatic rings. The minimum absolute atomic E-state index is 0.0542. The molecule has 1 aromatic carbocycles. The van der Waals surface area contributed by atoms with E-state index in [-0.39, 0.29) is 23.9 Å². The zero-order chi connectivity index (χ0) is 19.6. The number of carbonyl (C=O) groups excluding carboxylic acids is 3. The average Bonchev–Trinajstić information content (AvgIpc) is 3.14. The molecule has 0 bridgehead atoms. The molecule has 144 valence electrons. The summed E-state index contributed by atoms with van der Waals surface area (Å²) in [5, 5.41) is 14.7. The van der Waals surface area contributed by atoms with Crippen LogP contribution in [0.1, 0.15) is 37.0 Å². The van der Waals surface area contributed by atoms with Crippen molar-refractivity contribution in [2.75, 3.05) is 17.2 Å². The van der Waals surface area contributed by atoms with Gasteiger partial charge in [0.1, 0.15) is 0 Å². The summed E-state index contributed by atoms with van der Waals surface area (Å²) in [6.45, 7) is 4.20. The number of hydrogen-bond donors (Lipinski definition) is 4. The van der Waals surface area contributed by atoms with E-state index >= 15 is 0 Å². The van der Waals surface area contributed by atoms with Gasteiger partial charge in [-0.05, 0) is 56.0 Å². The zero-order valence-electron chi connectivity index (χ0n) is 15.4. The van der Waals surface area contributed by atoms with Crippen molar-refractivity contribution in [2.45, 2.75) is 32.7 Å². The highest BCUT2D eigenvalue weighted by Crippen LogP contribution is 2.14. The fourth-order valence-corrected chi connectivity index (χ4v) is 2.87. The van der Waals surface area contributed by atoms with E-state index in [9.17, 15) is 14.4 Å². The van der Waals surface area contributed by atoms with Gasteiger partial charge in [-0.3, -0.25) is 9.59 Å². The van der Waals surface area contributed by atoms with E-state index in [1.807, 2.05) is 19.2 Å². The molecule has 0 aliphatic heterocycles. The van der Waals surface area contributed by atoms with Crippen LogP contribution in [0.3, 0.4) is 0 Å². The van der Waals surface area contributed by atoms with Gasteiger partial charge in [-0.2, -0.15) is 11.3 Å². The Balaban J connectivity index is 1.68. The molecule has 1 aromatic heterocycles. The third kappa shape index (κ3) is 7.49. The van der Waals surface area contributed by atoms with Crippen LogP contribution in [0.25, 0.3) is 0 Å². The first-order valence-corrected chi connectivity index (χ1v) is 9.66. The predicted molar refractivity (Wildman–Crippen MR) is 108 cm³/mol. The molecule has 0 atom stereocenters. The molecule has 2 aromatic rings. The Kier molecular flexibility index (Phi) is 7.81. The van der Waals surface area contributed by atoms with Crippen LogP contribution in [0.4, 0.5) is 16.2 Å². The number of hydrogen-bond acceptors (Lipinski definition) is 4. The zero-order valence-corrected chi connectivity index (χ0v) is 16.2. The van der Waals surface area contributed by atoms with Crippen molar-refractivity contribution >= 4 is 40.6 Å². The van der Waals surface area contributed by atoms with Crippen LogP contribution in [0, 0.1) is 0 Å². The Labute approximate surface area is 162 Å². The second kappa shape index (κ2) is 10.3. The van der Waals surface area contributed by atoms with Crippen LogP contribution >= 0.6 is 11.3 Å². The minimum Gasteiger partial charge on any atom is -0.352 e. The molecule has 2 rings (SSSR count). The van der Waals surface area contributed by atoms with E-state index in [1.165, 1.54) is 11.3 Å². The Bertz CT molecular complexity index is 758. The molecule has 0 saturated carbocycles. The number of amides is 4. The topological polar surface area (TPSA) is 99.3 Å². The maximum absolute atomic E-state index is 12.0. The second-order valence-corrected chi connectivity index (χ2v) is 7.03. The van der Waals surface area contributed by atoms with Gasteiger partial charge in [0.25, 0.3) is 5.91 Å². The van der Waals surface area contributed by atoms with Gasteiger partial charge in [0, 0.05) is 41.3 Å². The molecule has 0 radical (unpaired) electrons. The van der Waals surface area contributed by atoms with Gasteiger partial charge in [0.2, 0.25) is 5.91 Å². The van der Waals surface area contributed by atoms with Crippen LogP contribution in [0.2, 0.25) is 0 Å². The maximum atomic E-state index is 12.0. The van der Waals surface area contributed by atoms with E-state index in [4.69, 9.17) is 0 Å². The maximum Gasteiger partial charge on any atom is 0.319 e. The van der Waals surface area contributed by atoms with E-state index in [1.54, 1.807) is 35.7 Å². The van der Waals surface area contributed by atoms with Crippen molar-refractivity contribution < 1.29 is 14.4 Å². The summed E-state index contributed by atoms with van der Waals surface area (Å²) < 4.78 is 0. The van der Waals surface area contributed by atoms with Gasteiger partial charge < -0.3 is 21.3 Å². The molecule has 0 fully saturated rings. The lowest BCUT2D eigenvalue weighted by molar-refractivity contribution is -0.116. The molecule has 0 saturated heterocycles. The molecule has 7 nitrogen and oxygen atoms in total. The SMILES string of the molecule is CC(C)NC(=O)Nc1ccc(NC(=O)CCCNC(=O)c2ccsc2)cc1. The standard InChI is InChI=1S/C19H24N4O3S/c1-13(2)21-19(26)23-16-7-5-15(6-8-16)22-17(24)4-3-10-20-18(25)14-9-11-27-12-14/h5-9,11-13H,3-4,10H2,1-2H3,(H,20,25)(H,22,24)(H2,21,23,26). The number of benzene rings is 1. The van der Waals surface area contributed by atoms with Gasteiger partial charge in [-0.15, -0.1) is 0 Å². The molecule has 0 spiro atoms. The summed E-state index contributed by atoms with van der Waals surface area (Å²) in [4.78, 5) is 35.4.